The van der Waals surface area contributed by atoms with Crippen LogP contribution in [0.2, 0.25) is 0 Å². The Morgan fingerprint density at radius 3 is 2.68 bits per heavy atom. The maximum atomic E-state index is 10.8. The van der Waals surface area contributed by atoms with Gasteiger partial charge in [0.2, 0.25) is 0 Å². The summed E-state index contributed by atoms with van der Waals surface area (Å²) in [6.45, 7) is 0.107. The van der Waals surface area contributed by atoms with Crippen molar-refractivity contribution in [2.24, 2.45) is 5.73 Å². The summed E-state index contributed by atoms with van der Waals surface area (Å²) in [7, 11) is 1.49. The van der Waals surface area contributed by atoms with Gasteiger partial charge in [0.15, 0.2) is 6.10 Å². The Morgan fingerprint density at radius 2 is 2.00 bits per heavy atom. The number of carbonyl (C=O) groups is 1. The monoisotopic (exact) mass is 305 g/mol. The minimum atomic E-state index is -0.883. The largest absolute Gasteiger partial charge is 0.489 e. The second-order valence-electron chi connectivity index (χ2n) is 4.75. The van der Waals surface area contributed by atoms with E-state index in [1.807, 2.05) is 30.3 Å². The average Bonchev–Trinajstić information content (AvgIpc) is 2.51. The molecule has 0 aliphatic heterocycles. The van der Waals surface area contributed by atoms with E-state index in [9.17, 15) is 9.90 Å². The highest BCUT2D eigenvalue weighted by atomic mass is 16.6. The molecule has 0 heterocycles. The number of ether oxygens (including phenoxy) is 3. The molecule has 2 rings (SSSR count). The lowest BCUT2D eigenvalue weighted by Gasteiger charge is -2.18. The van der Waals surface area contributed by atoms with Crippen LogP contribution in [0, 0.1) is 0 Å². The van der Waals surface area contributed by atoms with Crippen LogP contribution in [0.3, 0.4) is 0 Å². The van der Waals surface area contributed by atoms with Crippen molar-refractivity contribution in [3.63, 3.8) is 0 Å². The number of aliphatic hydroxyl groups is 1. The van der Waals surface area contributed by atoms with E-state index in [1.54, 1.807) is 6.07 Å². The van der Waals surface area contributed by atoms with Gasteiger partial charge >= 0.3 is 6.09 Å². The molecule has 0 bridgehead atoms. The Labute approximate surface area is 128 Å². The molecule has 0 aromatic heterocycles. The summed E-state index contributed by atoms with van der Waals surface area (Å²) in [4.78, 5) is 10.8. The Bertz CT molecular complexity index is 643. The number of aliphatic hydroxyl groups excluding tert-OH is 1. The number of primary amides is 1. The topological polar surface area (TPSA) is 91.0 Å². The number of benzene rings is 2. The Kier molecular flexibility index (Phi) is 5.57. The first-order valence-corrected chi connectivity index (χ1v) is 6.85. The van der Waals surface area contributed by atoms with Gasteiger partial charge in [-0.25, -0.2) is 4.79 Å². The van der Waals surface area contributed by atoms with Crippen molar-refractivity contribution >= 4 is 16.9 Å². The predicted molar refractivity (Wildman–Crippen MR) is 81.7 cm³/mol. The highest BCUT2D eigenvalue weighted by Crippen LogP contribution is 2.28. The summed E-state index contributed by atoms with van der Waals surface area (Å²) in [5.74, 6) is 0.537. The number of nitrogens with two attached hydrogens (primary N) is 1. The predicted octanol–water partition coefficient (Wildman–Crippen LogP) is 1.82. The number of fused-ring (bicyclic) bond motifs is 1. The van der Waals surface area contributed by atoms with Gasteiger partial charge in [-0.3, -0.25) is 0 Å². The van der Waals surface area contributed by atoms with Crippen molar-refractivity contribution in [1.29, 1.82) is 0 Å². The van der Waals surface area contributed by atoms with Gasteiger partial charge in [0.05, 0.1) is 13.2 Å². The van der Waals surface area contributed by atoms with Crippen LogP contribution in [-0.4, -0.2) is 37.6 Å². The SMILES string of the molecule is COCC(COc1ccc2ccccc2c1CO)OC(N)=O. The van der Waals surface area contributed by atoms with Crippen molar-refractivity contribution in [3.8, 4) is 5.75 Å². The molecule has 6 nitrogen and oxygen atoms in total. The highest BCUT2D eigenvalue weighted by Gasteiger charge is 2.15. The molecule has 3 N–H and O–H groups in total. The van der Waals surface area contributed by atoms with Crippen molar-refractivity contribution in [3.05, 3.63) is 42.0 Å². The van der Waals surface area contributed by atoms with Crippen LogP contribution >= 0.6 is 0 Å². The first kappa shape index (κ1) is 16.1. The van der Waals surface area contributed by atoms with Gasteiger partial charge in [0.25, 0.3) is 0 Å². The quantitative estimate of drug-likeness (QED) is 0.814. The van der Waals surface area contributed by atoms with Gasteiger partial charge in [0, 0.05) is 12.7 Å². The van der Waals surface area contributed by atoms with Crippen molar-refractivity contribution < 1.29 is 24.1 Å². The molecule has 0 radical (unpaired) electrons. The van der Waals surface area contributed by atoms with Crippen LogP contribution in [0.1, 0.15) is 5.56 Å². The number of hydrogen-bond acceptors (Lipinski definition) is 5. The van der Waals surface area contributed by atoms with Gasteiger partial charge < -0.3 is 25.1 Å². The maximum absolute atomic E-state index is 10.8. The fourth-order valence-corrected chi connectivity index (χ4v) is 2.26. The summed E-state index contributed by atoms with van der Waals surface area (Å²) in [6.07, 6.45) is -1.49. The van der Waals surface area contributed by atoms with Crippen LogP contribution in [0.15, 0.2) is 36.4 Å². The fourth-order valence-electron chi connectivity index (χ4n) is 2.26. The van der Waals surface area contributed by atoms with E-state index in [-0.39, 0.29) is 19.8 Å². The molecule has 1 unspecified atom stereocenters. The number of methoxy groups -OCH3 is 1. The highest BCUT2D eigenvalue weighted by molar-refractivity contribution is 5.87. The van der Waals surface area contributed by atoms with E-state index in [0.29, 0.717) is 11.3 Å². The number of carbonyl (C=O) groups excluding carboxylic acids is 1. The zero-order valence-corrected chi connectivity index (χ0v) is 12.3. The molecule has 2 aromatic carbocycles. The third kappa shape index (κ3) is 3.87. The standard InChI is InChI=1S/C16H19NO5/c1-20-9-12(22-16(17)19)10-21-15-7-6-11-4-2-3-5-13(11)14(15)8-18/h2-7,12,18H,8-10H2,1H3,(H2,17,19). The minimum Gasteiger partial charge on any atom is -0.489 e. The third-order valence-corrected chi connectivity index (χ3v) is 3.22. The molecule has 0 aliphatic carbocycles. The smallest absolute Gasteiger partial charge is 0.404 e. The van der Waals surface area contributed by atoms with Gasteiger partial charge in [0.1, 0.15) is 12.4 Å². The average molecular weight is 305 g/mol. The van der Waals surface area contributed by atoms with Crippen LogP contribution in [-0.2, 0) is 16.1 Å². The van der Waals surface area contributed by atoms with Crippen molar-refractivity contribution in [2.45, 2.75) is 12.7 Å². The molecule has 6 heteroatoms. The molecular weight excluding hydrogens is 286 g/mol. The maximum Gasteiger partial charge on any atom is 0.404 e. The lowest BCUT2D eigenvalue weighted by atomic mass is 10.0. The summed E-state index contributed by atoms with van der Waals surface area (Å²) in [6, 6.07) is 11.4. The molecule has 0 saturated carbocycles. The van der Waals surface area contributed by atoms with E-state index >= 15 is 0 Å². The van der Waals surface area contributed by atoms with E-state index in [1.165, 1.54) is 7.11 Å². The van der Waals surface area contributed by atoms with Gasteiger partial charge in [-0.2, -0.15) is 0 Å². The lowest BCUT2D eigenvalue weighted by Crippen LogP contribution is -2.31. The molecule has 1 atom stereocenters. The summed E-state index contributed by atoms with van der Waals surface area (Å²) >= 11 is 0. The molecule has 0 spiro atoms. The Balaban J connectivity index is 2.18. The number of hydrogen-bond donors (Lipinski definition) is 2. The van der Waals surface area contributed by atoms with Crippen LogP contribution in [0.5, 0.6) is 5.75 Å². The number of rotatable bonds is 7. The third-order valence-electron chi connectivity index (χ3n) is 3.22. The van der Waals surface area contributed by atoms with Gasteiger partial charge in [-0.05, 0) is 16.8 Å². The van der Waals surface area contributed by atoms with Gasteiger partial charge in [-0.15, -0.1) is 0 Å². The van der Waals surface area contributed by atoms with Gasteiger partial charge in [-0.1, -0.05) is 30.3 Å². The zero-order valence-electron chi connectivity index (χ0n) is 12.3. The zero-order chi connectivity index (χ0) is 15.9. The normalized spacial score (nSPS) is 12.1. The van der Waals surface area contributed by atoms with Crippen LogP contribution in [0.25, 0.3) is 10.8 Å². The second kappa shape index (κ2) is 7.63. The summed E-state index contributed by atoms with van der Waals surface area (Å²) in [5.41, 5.74) is 5.70. The first-order chi connectivity index (χ1) is 10.7. The first-order valence-electron chi connectivity index (χ1n) is 6.85. The second-order valence-corrected chi connectivity index (χ2v) is 4.75. The molecule has 1 amide bonds. The summed E-state index contributed by atoms with van der Waals surface area (Å²) < 4.78 is 15.5. The molecule has 118 valence electrons. The minimum absolute atomic E-state index is 0.0854. The fraction of sp³-hybridized carbons (Fsp3) is 0.312. The molecular formula is C16H19NO5. The Hall–Kier alpha value is -2.31. The van der Waals surface area contributed by atoms with E-state index in [0.717, 1.165) is 10.8 Å². The molecule has 22 heavy (non-hydrogen) atoms. The molecule has 0 fully saturated rings. The lowest BCUT2D eigenvalue weighted by molar-refractivity contribution is 0.0173. The Morgan fingerprint density at radius 1 is 1.23 bits per heavy atom. The van der Waals surface area contributed by atoms with Crippen LogP contribution < -0.4 is 10.5 Å². The summed E-state index contributed by atoms with van der Waals surface area (Å²) in [5, 5.41) is 11.6. The number of amides is 1. The van der Waals surface area contributed by atoms with Crippen LogP contribution in [0.4, 0.5) is 4.79 Å². The van der Waals surface area contributed by atoms with E-state index < -0.39 is 12.2 Å². The van der Waals surface area contributed by atoms with E-state index in [4.69, 9.17) is 19.9 Å². The molecule has 0 aliphatic rings. The van der Waals surface area contributed by atoms with Crippen molar-refractivity contribution in [2.75, 3.05) is 20.3 Å². The molecule has 0 saturated heterocycles. The van der Waals surface area contributed by atoms with E-state index in [2.05, 4.69) is 0 Å². The van der Waals surface area contributed by atoms with Crippen molar-refractivity contribution in [1.82, 2.24) is 0 Å². The molecule has 2 aromatic rings.